The summed E-state index contributed by atoms with van der Waals surface area (Å²) in [5.41, 5.74) is 1.29. The molecule has 2 N–H and O–H groups in total. The van der Waals surface area contributed by atoms with Crippen molar-refractivity contribution in [1.29, 1.82) is 0 Å². The number of benzene rings is 2. The Morgan fingerprint density at radius 3 is 2.27 bits per heavy atom. The zero-order chi connectivity index (χ0) is 21.2. The lowest BCUT2D eigenvalue weighted by Gasteiger charge is -2.18. The minimum atomic E-state index is -0.932. The van der Waals surface area contributed by atoms with Gasteiger partial charge in [0.25, 0.3) is 11.8 Å². The molecule has 3 rings (SSSR count). The number of nitrogens with one attached hydrogen (secondary N) is 2. The van der Waals surface area contributed by atoms with Gasteiger partial charge < -0.3 is 19.8 Å². The molecule has 154 valence electrons. The van der Waals surface area contributed by atoms with Crippen LogP contribution in [0.15, 0.2) is 83.5 Å². The molecule has 2 aromatic carbocycles. The van der Waals surface area contributed by atoms with E-state index < -0.39 is 30.4 Å². The number of hydrogen-bond donors (Lipinski definition) is 2. The fraction of sp³-hybridized carbons (Fsp3) is 0.174. The molecule has 0 bridgehead atoms. The molecule has 0 saturated carbocycles. The van der Waals surface area contributed by atoms with Crippen molar-refractivity contribution in [2.45, 2.75) is 19.0 Å². The van der Waals surface area contributed by atoms with Gasteiger partial charge in [0.1, 0.15) is 11.8 Å². The van der Waals surface area contributed by atoms with Gasteiger partial charge >= 0.3 is 5.97 Å². The number of amides is 2. The Bertz CT molecular complexity index is 956. The third-order valence-electron chi connectivity index (χ3n) is 4.29. The van der Waals surface area contributed by atoms with Gasteiger partial charge in [0.05, 0.1) is 12.8 Å². The van der Waals surface area contributed by atoms with E-state index in [9.17, 15) is 14.4 Å². The second-order valence-corrected chi connectivity index (χ2v) is 6.55. The summed E-state index contributed by atoms with van der Waals surface area (Å²) in [5.74, 6) is -0.952. The summed E-state index contributed by atoms with van der Waals surface area (Å²) in [7, 11) is 0. The van der Waals surface area contributed by atoms with Gasteiger partial charge in [0.2, 0.25) is 0 Å². The quantitative estimate of drug-likeness (QED) is 0.532. The summed E-state index contributed by atoms with van der Waals surface area (Å²) in [4.78, 5) is 37.1. The van der Waals surface area contributed by atoms with Crippen LogP contribution in [-0.4, -0.2) is 30.4 Å². The zero-order valence-corrected chi connectivity index (χ0v) is 16.2. The normalized spacial score (nSPS) is 11.3. The van der Waals surface area contributed by atoms with Gasteiger partial charge in [-0.1, -0.05) is 48.5 Å². The third kappa shape index (κ3) is 6.34. The van der Waals surface area contributed by atoms with Crippen LogP contribution in [-0.2, 0) is 27.3 Å². The predicted octanol–water partition coefficient (Wildman–Crippen LogP) is 2.48. The molecule has 3 aromatic rings. The number of ether oxygens (including phenoxy) is 1. The first-order valence-corrected chi connectivity index (χ1v) is 9.47. The number of esters is 1. The van der Waals surface area contributed by atoms with Crippen LogP contribution in [0.1, 0.15) is 21.7 Å². The predicted molar refractivity (Wildman–Crippen MR) is 109 cm³/mol. The molecule has 7 heteroatoms. The standard InChI is InChI=1S/C23H22N2O5/c26-21(24-15-19-12-7-13-29-19)16-30-23(28)20(14-17-8-3-1-4-9-17)25-22(27)18-10-5-2-6-11-18/h1-13,20H,14-16H2,(H,24,26)(H,25,27). The molecule has 0 spiro atoms. The fourth-order valence-electron chi connectivity index (χ4n) is 2.76. The monoisotopic (exact) mass is 406 g/mol. The summed E-state index contributed by atoms with van der Waals surface area (Å²) >= 11 is 0. The summed E-state index contributed by atoms with van der Waals surface area (Å²) in [6.45, 7) is -0.256. The Hall–Kier alpha value is -3.87. The largest absolute Gasteiger partial charge is 0.467 e. The Balaban J connectivity index is 1.59. The van der Waals surface area contributed by atoms with Crippen LogP contribution in [0.2, 0.25) is 0 Å². The van der Waals surface area contributed by atoms with Crippen molar-refractivity contribution < 1.29 is 23.5 Å². The average Bonchev–Trinajstić information content (AvgIpc) is 3.30. The minimum absolute atomic E-state index is 0.196. The molecule has 7 nitrogen and oxygen atoms in total. The molecule has 0 radical (unpaired) electrons. The lowest BCUT2D eigenvalue weighted by molar-refractivity contribution is -0.150. The second-order valence-electron chi connectivity index (χ2n) is 6.55. The Morgan fingerprint density at radius 1 is 0.900 bits per heavy atom. The van der Waals surface area contributed by atoms with E-state index in [2.05, 4.69) is 10.6 Å². The number of furan rings is 1. The third-order valence-corrected chi connectivity index (χ3v) is 4.29. The van der Waals surface area contributed by atoms with E-state index >= 15 is 0 Å². The van der Waals surface area contributed by atoms with Crippen LogP contribution in [0, 0.1) is 0 Å². The van der Waals surface area contributed by atoms with E-state index in [0.717, 1.165) is 5.56 Å². The molecule has 1 unspecified atom stereocenters. The zero-order valence-electron chi connectivity index (χ0n) is 16.2. The topological polar surface area (TPSA) is 97.6 Å². The molecule has 2 amide bonds. The SMILES string of the molecule is O=C(COC(=O)C(Cc1ccccc1)NC(=O)c1ccccc1)NCc1ccco1. The van der Waals surface area contributed by atoms with Crippen LogP contribution in [0.4, 0.5) is 0 Å². The summed E-state index contributed by atoms with van der Waals surface area (Å²) in [5, 5.41) is 5.30. The minimum Gasteiger partial charge on any atom is -0.467 e. The fourth-order valence-corrected chi connectivity index (χ4v) is 2.76. The van der Waals surface area contributed by atoms with Gasteiger partial charge in [-0.15, -0.1) is 0 Å². The maximum atomic E-state index is 12.6. The van der Waals surface area contributed by atoms with Crippen LogP contribution in [0.3, 0.4) is 0 Å². The van der Waals surface area contributed by atoms with Gasteiger partial charge in [0.15, 0.2) is 6.61 Å². The molecule has 1 atom stereocenters. The van der Waals surface area contributed by atoms with E-state index in [4.69, 9.17) is 9.15 Å². The summed E-state index contributed by atoms with van der Waals surface area (Å²) in [6.07, 6.45) is 1.75. The van der Waals surface area contributed by atoms with E-state index in [1.807, 2.05) is 30.3 Å². The Labute approximate surface area is 174 Å². The Morgan fingerprint density at radius 2 is 1.60 bits per heavy atom. The van der Waals surface area contributed by atoms with Crippen molar-refractivity contribution in [3.8, 4) is 0 Å². The average molecular weight is 406 g/mol. The molecule has 1 aromatic heterocycles. The van der Waals surface area contributed by atoms with Crippen molar-refractivity contribution in [2.24, 2.45) is 0 Å². The molecule has 30 heavy (non-hydrogen) atoms. The number of carbonyl (C=O) groups is 3. The highest BCUT2D eigenvalue weighted by Crippen LogP contribution is 2.07. The lowest BCUT2D eigenvalue weighted by Crippen LogP contribution is -2.44. The van der Waals surface area contributed by atoms with Crippen molar-refractivity contribution in [1.82, 2.24) is 10.6 Å². The lowest BCUT2D eigenvalue weighted by atomic mass is 10.1. The molecule has 0 saturated heterocycles. The highest BCUT2D eigenvalue weighted by molar-refractivity contribution is 5.97. The van der Waals surface area contributed by atoms with Crippen molar-refractivity contribution in [3.05, 3.63) is 95.9 Å². The number of carbonyl (C=O) groups excluding carboxylic acids is 3. The first kappa shape index (κ1) is 20.9. The van der Waals surface area contributed by atoms with Crippen LogP contribution in [0.5, 0.6) is 0 Å². The highest BCUT2D eigenvalue weighted by atomic mass is 16.5. The van der Waals surface area contributed by atoms with Gasteiger partial charge in [-0.05, 0) is 29.8 Å². The molecule has 0 aliphatic rings. The smallest absolute Gasteiger partial charge is 0.329 e. The molecular formula is C23H22N2O5. The van der Waals surface area contributed by atoms with E-state index in [-0.39, 0.29) is 13.0 Å². The highest BCUT2D eigenvalue weighted by Gasteiger charge is 2.24. The maximum Gasteiger partial charge on any atom is 0.329 e. The van der Waals surface area contributed by atoms with Crippen LogP contribution in [0.25, 0.3) is 0 Å². The van der Waals surface area contributed by atoms with Crippen LogP contribution >= 0.6 is 0 Å². The maximum absolute atomic E-state index is 12.6. The number of rotatable bonds is 9. The summed E-state index contributed by atoms with van der Waals surface area (Å²) < 4.78 is 10.3. The molecule has 1 heterocycles. The number of hydrogen-bond acceptors (Lipinski definition) is 5. The molecular weight excluding hydrogens is 384 g/mol. The molecule has 0 fully saturated rings. The summed E-state index contributed by atoms with van der Waals surface area (Å²) in [6, 6.07) is 20.4. The van der Waals surface area contributed by atoms with Crippen LogP contribution < -0.4 is 10.6 Å². The van der Waals surface area contributed by atoms with Gasteiger partial charge in [-0.25, -0.2) is 4.79 Å². The van der Waals surface area contributed by atoms with Gasteiger partial charge in [-0.2, -0.15) is 0 Å². The van der Waals surface area contributed by atoms with Crippen molar-refractivity contribution in [2.75, 3.05) is 6.61 Å². The van der Waals surface area contributed by atoms with E-state index in [1.54, 1.807) is 42.5 Å². The molecule has 0 aliphatic carbocycles. The first-order valence-electron chi connectivity index (χ1n) is 9.47. The van der Waals surface area contributed by atoms with Crippen molar-refractivity contribution in [3.63, 3.8) is 0 Å². The molecule has 0 aliphatic heterocycles. The second kappa shape index (κ2) is 10.6. The Kier molecular flexibility index (Phi) is 7.38. The van der Waals surface area contributed by atoms with Gasteiger partial charge in [0, 0.05) is 12.0 Å². The van der Waals surface area contributed by atoms with Gasteiger partial charge in [-0.3, -0.25) is 9.59 Å². The van der Waals surface area contributed by atoms with E-state index in [1.165, 1.54) is 6.26 Å². The van der Waals surface area contributed by atoms with Crippen molar-refractivity contribution >= 4 is 17.8 Å². The first-order chi connectivity index (χ1) is 14.6. The van der Waals surface area contributed by atoms with E-state index in [0.29, 0.717) is 11.3 Å².